The van der Waals surface area contributed by atoms with Crippen molar-refractivity contribution < 1.29 is 9.90 Å². The van der Waals surface area contributed by atoms with Gasteiger partial charge >= 0.3 is 0 Å². The largest absolute Gasteiger partial charge is 0.394 e. The number of hydrogen-bond acceptors (Lipinski definition) is 3. The van der Waals surface area contributed by atoms with Gasteiger partial charge in [-0.1, -0.05) is 0 Å². The van der Waals surface area contributed by atoms with E-state index in [9.17, 15) is 4.79 Å². The molecule has 0 saturated heterocycles. The number of amides is 1. The van der Waals surface area contributed by atoms with E-state index in [1.807, 2.05) is 6.07 Å². The fourth-order valence-electron chi connectivity index (χ4n) is 1.16. The zero-order valence-electron chi connectivity index (χ0n) is 7.95. The monoisotopic (exact) mass is 182 g/mol. The predicted molar refractivity (Wildman–Crippen MR) is 46.6 cm³/mol. The van der Waals surface area contributed by atoms with Gasteiger partial charge in [-0.05, 0) is 19.8 Å². The van der Waals surface area contributed by atoms with Gasteiger partial charge in [-0.2, -0.15) is 5.26 Å². The van der Waals surface area contributed by atoms with Crippen molar-refractivity contribution in [1.29, 1.82) is 5.26 Å². The second-order valence-electron chi connectivity index (χ2n) is 3.64. The van der Waals surface area contributed by atoms with Crippen molar-refractivity contribution >= 4 is 5.91 Å². The summed E-state index contributed by atoms with van der Waals surface area (Å²) in [6.07, 6.45) is 1.32. The molecule has 72 valence electrons. The minimum Gasteiger partial charge on any atom is -0.394 e. The summed E-state index contributed by atoms with van der Waals surface area (Å²) in [4.78, 5) is 13.1. The van der Waals surface area contributed by atoms with Crippen molar-refractivity contribution in [1.82, 2.24) is 4.90 Å². The number of nitrogens with zero attached hydrogens (tertiary/aromatic N) is 2. The van der Waals surface area contributed by atoms with Crippen LogP contribution in [-0.4, -0.2) is 35.6 Å². The van der Waals surface area contributed by atoms with Crippen LogP contribution in [0.5, 0.6) is 0 Å². The molecule has 0 aliphatic heterocycles. The van der Waals surface area contributed by atoms with E-state index in [0.29, 0.717) is 12.8 Å². The van der Waals surface area contributed by atoms with Gasteiger partial charge in [0.25, 0.3) is 0 Å². The number of hydrogen-bond donors (Lipinski definition) is 1. The first-order chi connectivity index (χ1) is 6.07. The number of likely N-dealkylation sites (N-methyl/N-ethyl adjacent to an activating group) is 1. The lowest BCUT2D eigenvalue weighted by atomic mass is 10.1. The van der Waals surface area contributed by atoms with Gasteiger partial charge in [0.2, 0.25) is 5.91 Å². The molecule has 1 unspecified atom stereocenters. The van der Waals surface area contributed by atoms with Gasteiger partial charge in [-0.15, -0.1) is 0 Å². The summed E-state index contributed by atoms with van der Waals surface area (Å²) in [7, 11) is 1.63. The summed E-state index contributed by atoms with van der Waals surface area (Å²) in [6.45, 7) is 1.69. The molecule has 0 aromatic carbocycles. The van der Waals surface area contributed by atoms with Gasteiger partial charge < -0.3 is 10.0 Å². The van der Waals surface area contributed by atoms with Crippen molar-refractivity contribution in [2.24, 2.45) is 5.41 Å². The zero-order valence-corrected chi connectivity index (χ0v) is 7.95. The molecule has 1 saturated carbocycles. The van der Waals surface area contributed by atoms with E-state index in [-0.39, 0.29) is 18.6 Å². The molecule has 0 aromatic rings. The second-order valence-corrected chi connectivity index (χ2v) is 3.64. The van der Waals surface area contributed by atoms with Crippen LogP contribution < -0.4 is 0 Å². The molecule has 0 radical (unpaired) electrons. The number of aliphatic hydroxyl groups excluding tert-OH is 1. The fourth-order valence-corrected chi connectivity index (χ4v) is 1.16. The molecule has 1 rings (SSSR count). The van der Waals surface area contributed by atoms with Crippen LogP contribution in [0.2, 0.25) is 0 Å². The Hall–Kier alpha value is -1.08. The van der Waals surface area contributed by atoms with Crippen LogP contribution in [-0.2, 0) is 4.79 Å². The Bertz CT molecular complexity index is 253. The van der Waals surface area contributed by atoms with Gasteiger partial charge in [-0.3, -0.25) is 4.79 Å². The lowest BCUT2D eigenvalue weighted by molar-refractivity contribution is -0.136. The van der Waals surface area contributed by atoms with E-state index in [2.05, 4.69) is 0 Å². The Labute approximate surface area is 77.8 Å². The molecular weight excluding hydrogens is 168 g/mol. The van der Waals surface area contributed by atoms with E-state index in [4.69, 9.17) is 10.4 Å². The third-order valence-electron chi connectivity index (χ3n) is 2.62. The zero-order chi connectivity index (χ0) is 10.1. The number of aliphatic hydroxyl groups is 1. The molecule has 0 spiro atoms. The van der Waals surface area contributed by atoms with Crippen LogP contribution >= 0.6 is 0 Å². The third kappa shape index (κ3) is 1.65. The van der Waals surface area contributed by atoms with Crippen LogP contribution in [0.4, 0.5) is 0 Å². The van der Waals surface area contributed by atoms with Crippen molar-refractivity contribution in [3.63, 3.8) is 0 Å². The highest BCUT2D eigenvalue weighted by atomic mass is 16.3. The Morgan fingerprint density at radius 2 is 2.31 bits per heavy atom. The Morgan fingerprint density at radius 1 is 1.77 bits per heavy atom. The molecule has 1 atom stereocenters. The maximum atomic E-state index is 11.7. The van der Waals surface area contributed by atoms with Crippen molar-refractivity contribution in [3.05, 3.63) is 0 Å². The first-order valence-corrected chi connectivity index (χ1v) is 4.37. The second kappa shape index (κ2) is 3.35. The number of carbonyl (C=O) groups excluding carboxylic acids is 1. The molecule has 0 heterocycles. The average molecular weight is 182 g/mol. The van der Waals surface area contributed by atoms with Gasteiger partial charge in [0.1, 0.15) is 5.41 Å². The Kier molecular flexibility index (Phi) is 2.58. The van der Waals surface area contributed by atoms with E-state index < -0.39 is 5.41 Å². The number of nitriles is 1. The summed E-state index contributed by atoms with van der Waals surface area (Å²) < 4.78 is 0. The lowest BCUT2D eigenvalue weighted by Gasteiger charge is -2.25. The molecule has 1 amide bonds. The molecule has 13 heavy (non-hydrogen) atoms. The molecule has 4 nitrogen and oxygen atoms in total. The van der Waals surface area contributed by atoms with Gasteiger partial charge in [-0.25, -0.2) is 0 Å². The molecular formula is C9H14N2O2. The van der Waals surface area contributed by atoms with E-state index >= 15 is 0 Å². The van der Waals surface area contributed by atoms with E-state index in [1.165, 1.54) is 4.90 Å². The first-order valence-electron chi connectivity index (χ1n) is 4.37. The highest BCUT2D eigenvalue weighted by Crippen LogP contribution is 2.46. The molecule has 1 N–H and O–H groups in total. The summed E-state index contributed by atoms with van der Waals surface area (Å²) in [5.41, 5.74) is -0.766. The van der Waals surface area contributed by atoms with E-state index in [1.54, 1.807) is 14.0 Å². The van der Waals surface area contributed by atoms with Gasteiger partial charge in [0, 0.05) is 7.05 Å². The normalized spacial score (nSPS) is 20.2. The highest BCUT2D eigenvalue weighted by Gasteiger charge is 2.52. The Balaban J connectivity index is 2.64. The van der Waals surface area contributed by atoms with Crippen molar-refractivity contribution in [2.75, 3.05) is 13.7 Å². The van der Waals surface area contributed by atoms with Crippen LogP contribution in [0.25, 0.3) is 0 Å². The SMILES string of the molecule is CC(CO)N(C)C(=O)C1(C#N)CC1. The Morgan fingerprint density at radius 3 is 2.62 bits per heavy atom. The van der Waals surface area contributed by atoms with Crippen LogP contribution in [0, 0.1) is 16.7 Å². The maximum absolute atomic E-state index is 11.7. The van der Waals surface area contributed by atoms with Crippen molar-refractivity contribution in [3.8, 4) is 6.07 Å². The topological polar surface area (TPSA) is 64.3 Å². The quantitative estimate of drug-likeness (QED) is 0.674. The average Bonchev–Trinajstić information content (AvgIpc) is 2.95. The summed E-state index contributed by atoms with van der Waals surface area (Å²) in [5.74, 6) is -0.156. The fraction of sp³-hybridized carbons (Fsp3) is 0.778. The van der Waals surface area contributed by atoms with Crippen LogP contribution in [0.1, 0.15) is 19.8 Å². The first kappa shape index (κ1) is 10.0. The minimum absolute atomic E-state index is 0.0657. The molecule has 0 aromatic heterocycles. The lowest BCUT2D eigenvalue weighted by Crippen LogP contribution is -2.41. The molecule has 1 fully saturated rings. The smallest absolute Gasteiger partial charge is 0.243 e. The standard InChI is InChI=1S/C9H14N2O2/c1-7(5-12)11(2)8(13)9(6-10)3-4-9/h7,12H,3-5H2,1-2H3. The molecule has 0 bridgehead atoms. The highest BCUT2D eigenvalue weighted by molar-refractivity contribution is 5.88. The van der Waals surface area contributed by atoms with Gasteiger partial charge in [0.15, 0.2) is 0 Å². The predicted octanol–water partition coefficient (Wildman–Crippen LogP) is 0.129. The minimum atomic E-state index is -0.766. The summed E-state index contributed by atoms with van der Waals surface area (Å²) in [6, 6.07) is 1.83. The molecule has 1 aliphatic carbocycles. The van der Waals surface area contributed by atoms with Gasteiger partial charge in [0.05, 0.1) is 18.7 Å². The summed E-state index contributed by atoms with van der Waals surface area (Å²) >= 11 is 0. The molecule has 1 aliphatic rings. The van der Waals surface area contributed by atoms with E-state index in [0.717, 1.165) is 0 Å². The molecule has 4 heteroatoms. The van der Waals surface area contributed by atoms with Crippen LogP contribution in [0.15, 0.2) is 0 Å². The number of rotatable bonds is 3. The maximum Gasteiger partial charge on any atom is 0.243 e. The van der Waals surface area contributed by atoms with Crippen LogP contribution in [0.3, 0.4) is 0 Å². The summed E-state index contributed by atoms with van der Waals surface area (Å²) in [5, 5.41) is 17.6. The third-order valence-corrected chi connectivity index (χ3v) is 2.62. The van der Waals surface area contributed by atoms with Crippen molar-refractivity contribution in [2.45, 2.75) is 25.8 Å². The number of carbonyl (C=O) groups is 1.